The van der Waals surface area contributed by atoms with Crippen molar-refractivity contribution in [3.8, 4) is 0 Å². The van der Waals surface area contributed by atoms with Gasteiger partial charge in [0.15, 0.2) is 0 Å². The van der Waals surface area contributed by atoms with Crippen LogP contribution in [0.15, 0.2) is 36.0 Å². The molecule has 0 fully saturated rings. The van der Waals surface area contributed by atoms with E-state index in [4.69, 9.17) is 0 Å². The zero-order chi connectivity index (χ0) is 12.7. The molecule has 4 nitrogen and oxygen atoms in total. The number of ether oxygens (including phenoxy) is 1. The van der Waals surface area contributed by atoms with E-state index in [1.54, 1.807) is 6.08 Å². The summed E-state index contributed by atoms with van der Waals surface area (Å²) in [6.07, 6.45) is 1.65. The molecule has 1 rings (SSSR count). The van der Waals surface area contributed by atoms with Crippen LogP contribution in [-0.4, -0.2) is 25.4 Å². The first kappa shape index (κ1) is 13.0. The van der Waals surface area contributed by atoms with Gasteiger partial charge in [0.1, 0.15) is 11.5 Å². The maximum atomic E-state index is 11.5. The summed E-state index contributed by atoms with van der Waals surface area (Å²) in [5, 5.41) is 2.76. The molecule has 1 aromatic rings. The zero-order valence-corrected chi connectivity index (χ0v) is 9.90. The lowest BCUT2D eigenvalue weighted by Gasteiger charge is -2.07. The average molecular weight is 233 g/mol. The summed E-state index contributed by atoms with van der Waals surface area (Å²) in [7, 11) is 1.30. The highest BCUT2D eigenvalue weighted by Gasteiger charge is 2.09. The molecule has 0 aliphatic rings. The molecule has 1 N–H and O–H groups in total. The maximum absolute atomic E-state index is 11.5. The van der Waals surface area contributed by atoms with Gasteiger partial charge >= 0.3 is 5.97 Å². The van der Waals surface area contributed by atoms with E-state index < -0.39 is 5.97 Å². The summed E-state index contributed by atoms with van der Waals surface area (Å²) in [5.41, 5.74) is 1.14. The number of hydrogen-bond donors (Lipinski definition) is 1. The van der Waals surface area contributed by atoms with Gasteiger partial charge in [-0.3, -0.25) is 4.79 Å². The normalized spacial score (nSPS) is 10.8. The fourth-order valence-corrected chi connectivity index (χ4v) is 1.23. The third-order valence-corrected chi connectivity index (χ3v) is 2.04. The summed E-state index contributed by atoms with van der Waals surface area (Å²) in [5.74, 6) is -0.539. The van der Waals surface area contributed by atoms with E-state index in [0.29, 0.717) is 0 Å². The Morgan fingerprint density at radius 2 is 1.94 bits per heavy atom. The molecule has 90 valence electrons. The predicted molar refractivity (Wildman–Crippen MR) is 65.1 cm³/mol. The van der Waals surface area contributed by atoms with Crippen molar-refractivity contribution in [3.63, 3.8) is 0 Å². The number of carbonyl (C=O) groups is 2. The molecule has 0 aromatic heterocycles. The zero-order valence-electron chi connectivity index (χ0n) is 9.90. The Hall–Kier alpha value is -2.10. The first-order valence-electron chi connectivity index (χ1n) is 5.22. The Labute approximate surface area is 100 Å². The van der Waals surface area contributed by atoms with Crippen molar-refractivity contribution in [2.24, 2.45) is 0 Å². The molecule has 0 atom stereocenters. The highest BCUT2D eigenvalue weighted by molar-refractivity contribution is 5.93. The Balaban J connectivity index is 2.86. The highest BCUT2D eigenvalue weighted by atomic mass is 16.5. The molecule has 0 unspecified atom stereocenters. The van der Waals surface area contributed by atoms with Gasteiger partial charge in [-0.05, 0) is 18.6 Å². The van der Waals surface area contributed by atoms with Gasteiger partial charge in [-0.15, -0.1) is 0 Å². The Morgan fingerprint density at radius 3 is 2.47 bits per heavy atom. The second-order valence-corrected chi connectivity index (χ2v) is 3.52. The second kappa shape index (κ2) is 6.48. The summed E-state index contributed by atoms with van der Waals surface area (Å²) in [4.78, 5) is 22.3. The average Bonchev–Trinajstić information content (AvgIpc) is 2.34. The molecule has 0 spiro atoms. The SMILES string of the molecule is COC(=O)C(=Cc1ccccc1)NCC(C)=O. The number of nitrogens with one attached hydrogen (secondary N) is 1. The van der Waals surface area contributed by atoms with E-state index in [2.05, 4.69) is 10.1 Å². The van der Waals surface area contributed by atoms with Gasteiger partial charge in [-0.1, -0.05) is 30.3 Å². The van der Waals surface area contributed by atoms with Crippen LogP contribution in [0.25, 0.3) is 6.08 Å². The monoisotopic (exact) mass is 233 g/mol. The van der Waals surface area contributed by atoms with E-state index in [1.165, 1.54) is 14.0 Å². The van der Waals surface area contributed by atoms with Gasteiger partial charge in [-0.2, -0.15) is 0 Å². The molecule has 0 radical (unpaired) electrons. The van der Waals surface area contributed by atoms with E-state index >= 15 is 0 Å². The molecule has 0 amide bonds. The highest BCUT2D eigenvalue weighted by Crippen LogP contribution is 2.05. The quantitative estimate of drug-likeness (QED) is 0.616. The van der Waals surface area contributed by atoms with Crippen LogP contribution in [0.4, 0.5) is 0 Å². The molecular formula is C13H15NO3. The number of esters is 1. The first-order chi connectivity index (χ1) is 8.13. The van der Waals surface area contributed by atoms with Gasteiger partial charge < -0.3 is 10.1 Å². The minimum absolute atomic E-state index is 0.0483. The van der Waals surface area contributed by atoms with Crippen molar-refractivity contribution in [2.75, 3.05) is 13.7 Å². The van der Waals surface area contributed by atoms with Crippen molar-refractivity contribution < 1.29 is 14.3 Å². The lowest BCUT2D eigenvalue weighted by molar-refractivity contribution is -0.136. The van der Waals surface area contributed by atoms with E-state index in [0.717, 1.165) is 5.56 Å². The third-order valence-electron chi connectivity index (χ3n) is 2.04. The molecule has 0 aliphatic carbocycles. The van der Waals surface area contributed by atoms with Gasteiger partial charge in [-0.25, -0.2) is 4.79 Å². The fraction of sp³-hybridized carbons (Fsp3) is 0.231. The van der Waals surface area contributed by atoms with Gasteiger partial charge in [0.05, 0.1) is 13.7 Å². The van der Waals surface area contributed by atoms with Crippen molar-refractivity contribution in [3.05, 3.63) is 41.6 Å². The molecular weight excluding hydrogens is 218 g/mol. The van der Waals surface area contributed by atoms with Crippen molar-refractivity contribution in [2.45, 2.75) is 6.92 Å². The number of Topliss-reactive ketones (excluding diaryl/α,β-unsaturated/α-hetero) is 1. The minimum atomic E-state index is -0.491. The predicted octanol–water partition coefficient (Wildman–Crippen LogP) is 1.38. The van der Waals surface area contributed by atoms with Crippen LogP contribution >= 0.6 is 0 Å². The van der Waals surface area contributed by atoms with Crippen molar-refractivity contribution in [1.82, 2.24) is 5.32 Å². The molecule has 0 bridgehead atoms. The number of benzene rings is 1. The van der Waals surface area contributed by atoms with E-state index in [-0.39, 0.29) is 18.0 Å². The Kier molecular flexibility index (Phi) is 4.94. The number of rotatable bonds is 5. The topological polar surface area (TPSA) is 55.4 Å². The molecule has 0 saturated heterocycles. The standard InChI is InChI=1S/C13H15NO3/c1-10(15)9-14-12(13(16)17-2)8-11-6-4-3-5-7-11/h3-8,14H,9H2,1-2H3. The molecule has 0 aliphatic heterocycles. The number of hydrogen-bond acceptors (Lipinski definition) is 4. The molecule has 0 heterocycles. The number of ketones is 1. The summed E-state index contributed by atoms with van der Waals surface area (Å²) < 4.78 is 4.64. The molecule has 0 saturated carbocycles. The molecule has 17 heavy (non-hydrogen) atoms. The Morgan fingerprint density at radius 1 is 1.29 bits per heavy atom. The van der Waals surface area contributed by atoms with Crippen LogP contribution in [0.2, 0.25) is 0 Å². The van der Waals surface area contributed by atoms with Crippen molar-refractivity contribution in [1.29, 1.82) is 0 Å². The lowest BCUT2D eigenvalue weighted by Crippen LogP contribution is -2.26. The van der Waals surface area contributed by atoms with Crippen LogP contribution in [-0.2, 0) is 14.3 Å². The van der Waals surface area contributed by atoms with Crippen LogP contribution in [0, 0.1) is 0 Å². The van der Waals surface area contributed by atoms with E-state index in [9.17, 15) is 9.59 Å². The maximum Gasteiger partial charge on any atom is 0.354 e. The molecule has 1 aromatic carbocycles. The van der Waals surface area contributed by atoms with Crippen LogP contribution < -0.4 is 5.32 Å². The van der Waals surface area contributed by atoms with Crippen LogP contribution in [0.5, 0.6) is 0 Å². The number of carbonyl (C=O) groups excluding carboxylic acids is 2. The first-order valence-corrected chi connectivity index (χ1v) is 5.22. The summed E-state index contributed by atoms with van der Waals surface area (Å²) >= 11 is 0. The van der Waals surface area contributed by atoms with E-state index in [1.807, 2.05) is 30.3 Å². The lowest BCUT2D eigenvalue weighted by atomic mass is 10.2. The Bertz CT molecular complexity index is 424. The molecule has 4 heteroatoms. The fourth-order valence-electron chi connectivity index (χ4n) is 1.23. The smallest absolute Gasteiger partial charge is 0.354 e. The van der Waals surface area contributed by atoms with Gasteiger partial charge in [0.2, 0.25) is 0 Å². The number of methoxy groups -OCH3 is 1. The minimum Gasteiger partial charge on any atom is -0.464 e. The third kappa shape index (κ3) is 4.51. The van der Waals surface area contributed by atoms with Crippen molar-refractivity contribution >= 4 is 17.8 Å². The van der Waals surface area contributed by atoms with Gasteiger partial charge in [0, 0.05) is 0 Å². The largest absolute Gasteiger partial charge is 0.464 e. The summed E-state index contributed by atoms with van der Waals surface area (Å²) in [6.45, 7) is 1.55. The summed E-state index contributed by atoms with van der Waals surface area (Å²) in [6, 6.07) is 9.34. The van der Waals surface area contributed by atoms with Gasteiger partial charge in [0.25, 0.3) is 0 Å². The van der Waals surface area contributed by atoms with Crippen LogP contribution in [0.1, 0.15) is 12.5 Å². The van der Waals surface area contributed by atoms with Crippen LogP contribution in [0.3, 0.4) is 0 Å². The second-order valence-electron chi connectivity index (χ2n) is 3.52.